The van der Waals surface area contributed by atoms with Crippen molar-refractivity contribution in [3.8, 4) is 17.2 Å². The standard InChI is InChI=1S/C28H28N2O3/c1-19-7-16-26-25(17-19)30-28(33-26)22-8-12-23(13-9-22)29-27(31)18-32-24-14-10-21(11-15-24)20-5-3-2-4-6-20/h7-17,20H,2-6,18H2,1H3,(H,29,31). The molecule has 4 aromatic rings. The molecule has 1 heterocycles. The van der Waals surface area contributed by atoms with Gasteiger partial charge in [0.05, 0.1) is 0 Å². The highest BCUT2D eigenvalue weighted by Gasteiger charge is 2.15. The summed E-state index contributed by atoms with van der Waals surface area (Å²) < 4.78 is 11.5. The van der Waals surface area contributed by atoms with Crippen molar-refractivity contribution in [2.75, 3.05) is 11.9 Å². The van der Waals surface area contributed by atoms with Gasteiger partial charge in [0.1, 0.15) is 11.3 Å². The molecule has 0 aliphatic heterocycles. The molecule has 1 fully saturated rings. The molecule has 5 nitrogen and oxygen atoms in total. The predicted molar refractivity (Wildman–Crippen MR) is 131 cm³/mol. The van der Waals surface area contributed by atoms with E-state index in [1.807, 2.05) is 61.5 Å². The number of anilines is 1. The zero-order valence-electron chi connectivity index (χ0n) is 18.8. The number of carbonyl (C=O) groups is 1. The minimum Gasteiger partial charge on any atom is -0.484 e. The van der Waals surface area contributed by atoms with Crippen LogP contribution in [0.3, 0.4) is 0 Å². The second-order valence-electron chi connectivity index (χ2n) is 8.81. The Morgan fingerprint density at radius 1 is 1.00 bits per heavy atom. The lowest BCUT2D eigenvalue weighted by atomic mass is 9.84. The first-order valence-corrected chi connectivity index (χ1v) is 11.6. The first-order valence-electron chi connectivity index (χ1n) is 11.6. The maximum Gasteiger partial charge on any atom is 0.262 e. The number of aryl methyl sites for hydroxylation is 1. The second kappa shape index (κ2) is 9.49. The normalized spacial score (nSPS) is 14.3. The first kappa shape index (κ1) is 21.3. The molecule has 0 radical (unpaired) electrons. The topological polar surface area (TPSA) is 64.4 Å². The van der Waals surface area contributed by atoms with Gasteiger partial charge < -0.3 is 14.5 Å². The number of rotatable bonds is 6. The quantitative estimate of drug-likeness (QED) is 0.355. The van der Waals surface area contributed by atoms with Crippen LogP contribution < -0.4 is 10.1 Å². The molecule has 0 spiro atoms. The minimum atomic E-state index is -0.198. The fourth-order valence-corrected chi connectivity index (χ4v) is 4.48. The largest absolute Gasteiger partial charge is 0.484 e. The molecule has 5 rings (SSSR count). The van der Waals surface area contributed by atoms with Crippen molar-refractivity contribution in [1.29, 1.82) is 0 Å². The number of hydrogen-bond acceptors (Lipinski definition) is 4. The van der Waals surface area contributed by atoms with Crippen LogP contribution in [0.5, 0.6) is 5.75 Å². The monoisotopic (exact) mass is 440 g/mol. The van der Waals surface area contributed by atoms with Gasteiger partial charge in [-0.1, -0.05) is 37.5 Å². The van der Waals surface area contributed by atoms with Crippen molar-refractivity contribution < 1.29 is 13.9 Å². The van der Waals surface area contributed by atoms with Gasteiger partial charge in [0.15, 0.2) is 12.2 Å². The lowest BCUT2D eigenvalue weighted by Crippen LogP contribution is -2.20. The molecule has 33 heavy (non-hydrogen) atoms. The number of amides is 1. The third kappa shape index (κ3) is 5.08. The Bertz CT molecular complexity index is 1240. The van der Waals surface area contributed by atoms with Gasteiger partial charge in [-0.3, -0.25) is 4.79 Å². The number of nitrogens with one attached hydrogen (secondary N) is 1. The number of carbonyl (C=O) groups excluding carboxylic acids is 1. The fraction of sp³-hybridized carbons (Fsp3) is 0.286. The highest BCUT2D eigenvalue weighted by Crippen LogP contribution is 2.33. The van der Waals surface area contributed by atoms with Crippen LogP contribution in [0.1, 0.15) is 49.1 Å². The zero-order chi connectivity index (χ0) is 22.6. The van der Waals surface area contributed by atoms with E-state index in [1.54, 1.807) is 0 Å². The highest BCUT2D eigenvalue weighted by atomic mass is 16.5. The molecule has 0 bridgehead atoms. The SMILES string of the molecule is Cc1ccc2oc(-c3ccc(NC(=O)COc4ccc(C5CCCCC5)cc4)cc3)nc2c1. The summed E-state index contributed by atoms with van der Waals surface area (Å²) in [4.78, 5) is 16.9. The van der Waals surface area contributed by atoms with Crippen LogP contribution in [0.2, 0.25) is 0 Å². The maximum atomic E-state index is 12.3. The van der Waals surface area contributed by atoms with E-state index in [9.17, 15) is 4.79 Å². The van der Waals surface area contributed by atoms with Crippen molar-refractivity contribution >= 4 is 22.7 Å². The van der Waals surface area contributed by atoms with Crippen LogP contribution in [-0.2, 0) is 4.79 Å². The van der Waals surface area contributed by atoms with Crippen LogP contribution in [0.15, 0.2) is 71.1 Å². The summed E-state index contributed by atoms with van der Waals surface area (Å²) in [6.45, 7) is 2.00. The zero-order valence-corrected chi connectivity index (χ0v) is 18.8. The maximum absolute atomic E-state index is 12.3. The Kier molecular flexibility index (Phi) is 6.11. The molecule has 0 atom stereocenters. The average molecular weight is 441 g/mol. The van der Waals surface area contributed by atoms with Gasteiger partial charge >= 0.3 is 0 Å². The highest BCUT2D eigenvalue weighted by molar-refractivity contribution is 5.92. The van der Waals surface area contributed by atoms with Crippen molar-refractivity contribution in [2.24, 2.45) is 0 Å². The van der Waals surface area contributed by atoms with Gasteiger partial charge in [0.25, 0.3) is 5.91 Å². The summed E-state index contributed by atoms with van der Waals surface area (Å²) in [6, 6.07) is 21.6. The van der Waals surface area contributed by atoms with Crippen molar-refractivity contribution in [2.45, 2.75) is 44.9 Å². The molecule has 168 valence electrons. The van der Waals surface area contributed by atoms with Gasteiger partial charge in [-0.25, -0.2) is 4.98 Å². The van der Waals surface area contributed by atoms with E-state index in [-0.39, 0.29) is 12.5 Å². The van der Waals surface area contributed by atoms with Crippen molar-refractivity contribution in [3.63, 3.8) is 0 Å². The van der Waals surface area contributed by atoms with Gasteiger partial charge in [-0.05, 0) is 85.3 Å². The van der Waals surface area contributed by atoms with E-state index in [1.165, 1.54) is 37.7 Å². The Hall–Kier alpha value is -3.60. The molecular formula is C28H28N2O3. The molecule has 0 saturated heterocycles. The van der Waals surface area contributed by atoms with Crippen molar-refractivity contribution in [3.05, 3.63) is 77.9 Å². The van der Waals surface area contributed by atoms with E-state index in [2.05, 4.69) is 22.4 Å². The first-order chi connectivity index (χ1) is 16.1. The van der Waals surface area contributed by atoms with E-state index >= 15 is 0 Å². The minimum absolute atomic E-state index is 0.0327. The van der Waals surface area contributed by atoms with Gasteiger partial charge in [-0.15, -0.1) is 0 Å². The molecule has 5 heteroatoms. The summed E-state index contributed by atoms with van der Waals surface area (Å²) in [5.74, 6) is 1.74. The van der Waals surface area contributed by atoms with E-state index in [0.29, 0.717) is 23.2 Å². The molecule has 1 saturated carbocycles. The summed E-state index contributed by atoms with van der Waals surface area (Å²) in [5, 5.41) is 2.87. The van der Waals surface area contributed by atoms with Crippen LogP contribution in [-0.4, -0.2) is 17.5 Å². The van der Waals surface area contributed by atoms with Crippen molar-refractivity contribution in [1.82, 2.24) is 4.98 Å². The Morgan fingerprint density at radius 2 is 1.76 bits per heavy atom. The van der Waals surface area contributed by atoms with E-state index in [4.69, 9.17) is 9.15 Å². The number of fused-ring (bicyclic) bond motifs is 1. The number of aromatic nitrogens is 1. The molecule has 1 amide bonds. The van der Waals surface area contributed by atoms with Gasteiger partial charge in [-0.2, -0.15) is 0 Å². The summed E-state index contributed by atoms with van der Waals surface area (Å²) >= 11 is 0. The number of nitrogens with zero attached hydrogens (tertiary/aromatic N) is 1. The molecule has 0 unspecified atom stereocenters. The molecule has 1 aliphatic rings. The third-order valence-electron chi connectivity index (χ3n) is 6.29. The smallest absolute Gasteiger partial charge is 0.262 e. The lowest BCUT2D eigenvalue weighted by Gasteiger charge is -2.22. The van der Waals surface area contributed by atoms with E-state index in [0.717, 1.165) is 22.2 Å². The molecule has 1 N–H and O–H groups in total. The Labute approximate surface area is 193 Å². The van der Waals surface area contributed by atoms with Crippen LogP contribution in [0, 0.1) is 6.92 Å². The second-order valence-corrected chi connectivity index (χ2v) is 8.81. The third-order valence-corrected chi connectivity index (χ3v) is 6.29. The van der Waals surface area contributed by atoms with Crippen LogP contribution in [0.4, 0.5) is 5.69 Å². The van der Waals surface area contributed by atoms with Crippen LogP contribution in [0.25, 0.3) is 22.6 Å². The summed E-state index contributed by atoms with van der Waals surface area (Å²) in [7, 11) is 0. The molecule has 3 aromatic carbocycles. The Morgan fingerprint density at radius 3 is 2.52 bits per heavy atom. The lowest BCUT2D eigenvalue weighted by molar-refractivity contribution is -0.118. The average Bonchev–Trinajstić information content (AvgIpc) is 3.27. The summed E-state index contributed by atoms with van der Waals surface area (Å²) in [5.41, 5.74) is 5.68. The number of oxazole rings is 1. The predicted octanol–water partition coefficient (Wildman–Crippen LogP) is 6.87. The van der Waals surface area contributed by atoms with Gasteiger partial charge in [0, 0.05) is 11.3 Å². The molecular weight excluding hydrogens is 412 g/mol. The number of benzene rings is 3. The fourth-order valence-electron chi connectivity index (χ4n) is 4.48. The Balaban J connectivity index is 1.15. The number of hydrogen-bond donors (Lipinski definition) is 1. The summed E-state index contributed by atoms with van der Waals surface area (Å²) in [6.07, 6.45) is 6.53. The van der Waals surface area contributed by atoms with Crippen LogP contribution >= 0.6 is 0 Å². The van der Waals surface area contributed by atoms with E-state index < -0.39 is 0 Å². The molecule has 1 aromatic heterocycles. The molecule has 1 aliphatic carbocycles. The van der Waals surface area contributed by atoms with Gasteiger partial charge in [0.2, 0.25) is 5.89 Å². The number of ether oxygens (including phenoxy) is 1.